The van der Waals surface area contributed by atoms with Crippen LogP contribution in [0.2, 0.25) is 0 Å². The fourth-order valence-electron chi connectivity index (χ4n) is 2.56. The number of benzene rings is 1. The summed E-state index contributed by atoms with van der Waals surface area (Å²) >= 11 is 6.31. The van der Waals surface area contributed by atoms with Gasteiger partial charge in [-0.05, 0) is 37.5 Å². The minimum atomic E-state index is -0.0536. The summed E-state index contributed by atoms with van der Waals surface area (Å²) in [6.07, 6.45) is 2.39. The van der Waals surface area contributed by atoms with Crippen LogP contribution >= 0.6 is 11.6 Å². The van der Waals surface area contributed by atoms with Crippen LogP contribution in [-0.2, 0) is 6.54 Å². The number of imidazole rings is 1. The molecule has 0 spiro atoms. The molecule has 0 fully saturated rings. The second-order valence-electron chi connectivity index (χ2n) is 5.37. The first-order valence-electron chi connectivity index (χ1n) is 7.17. The zero-order chi connectivity index (χ0) is 14.0. The molecule has 0 radical (unpaired) electrons. The molecule has 0 saturated carbocycles. The average Bonchev–Trinajstić information content (AvgIpc) is 2.73. The van der Waals surface area contributed by atoms with Gasteiger partial charge in [-0.15, -0.1) is 11.6 Å². The molecular weight excluding hydrogens is 256 g/mol. The number of hydrogen-bond donors (Lipinski definition) is 0. The van der Waals surface area contributed by atoms with Gasteiger partial charge in [0.05, 0.1) is 16.4 Å². The molecule has 2 aromatic rings. The molecule has 0 saturated heterocycles. The number of alkyl halides is 1. The lowest BCUT2D eigenvalue weighted by Crippen LogP contribution is -2.12. The summed E-state index contributed by atoms with van der Waals surface area (Å²) in [5.74, 6) is 1.68. The van der Waals surface area contributed by atoms with Crippen LogP contribution in [0.4, 0.5) is 0 Å². The quantitative estimate of drug-likeness (QED) is 0.697. The number of fused-ring (bicyclic) bond motifs is 1. The van der Waals surface area contributed by atoms with Crippen molar-refractivity contribution in [3.63, 3.8) is 0 Å². The van der Waals surface area contributed by atoms with E-state index in [4.69, 9.17) is 16.6 Å². The molecule has 1 atom stereocenters. The SMILES string of the molecule is CCC(CC)Cn1c(C(C)Cl)nc2cc(C)ccc21. The summed E-state index contributed by atoms with van der Waals surface area (Å²) in [5.41, 5.74) is 3.52. The van der Waals surface area contributed by atoms with E-state index in [1.165, 1.54) is 23.9 Å². The van der Waals surface area contributed by atoms with Crippen molar-refractivity contribution in [2.45, 2.75) is 52.5 Å². The zero-order valence-electron chi connectivity index (χ0n) is 12.3. The predicted octanol–water partition coefficient (Wildman–Crippen LogP) is 5.08. The number of aryl methyl sites for hydroxylation is 1. The molecule has 0 aliphatic carbocycles. The Morgan fingerprint density at radius 3 is 2.53 bits per heavy atom. The van der Waals surface area contributed by atoms with Gasteiger partial charge < -0.3 is 4.57 Å². The minimum absolute atomic E-state index is 0.0536. The minimum Gasteiger partial charge on any atom is -0.326 e. The van der Waals surface area contributed by atoms with Crippen LogP contribution in [-0.4, -0.2) is 9.55 Å². The van der Waals surface area contributed by atoms with E-state index in [0.29, 0.717) is 5.92 Å². The molecule has 3 heteroatoms. The Labute approximate surface area is 120 Å². The van der Waals surface area contributed by atoms with Crippen molar-refractivity contribution in [1.82, 2.24) is 9.55 Å². The van der Waals surface area contributed by atoms with E-state index in [-0.39, 0.29) is 5.38 Å². The second-order valence-corrected chi connectivity index (χ2v) is 6.03. The van der Waals surface area contributed by atoms with Crippen LogP contribution in [0.15, 0.2) is 18.2 Å². The van der Waals surface area contributed by atoms with Crippen LogP contribution in [0, 0.1) is 12.8 Å². The number of aromatic nitrogens is 2. The first-order chi connectivity index (χ1) is 9.06. The van der Waals surface area contributed by atoms with E-state index >= 15 is 0 Å². The molecule has 1 heterocycles. The van der Waals surface area contributed by atoms with Crippen LogP contribution in [0.25, 0.3) is 11.0 Å². The van der Waals surface area contributed by atoms with E-state index in [9.17, 15) is 0 Å². The molecule has 2 rings (SSSR count). The lowest BCUT2D eigenvalue weighted by atomic mass is 10.0. The highest BCUT2D eigenvalue weighted by molar-refractivity contribution is 6.20. The first-order valence-corrected chi connectivity index (χ1v) is 7.61. The van der Waals surface area contributed by atoms with Gasteiger partial charge in [0.25, 0.3) is 0 Å². The summed E-state index contributed by atoms with van der Waals surface area (Å²) in [6.45, 7) is 9.61. The molecule has 19 heavy (non-hydrogen) atoms. The molecule has 0 bridgehead atoms. The van der Waals surface area contributed by atoms with Gasteiger partial charge in [0.2, 0.25) is 0 Å². The van der Waals surface area contributed by atoms with Crippen molar-refractivity contribution in [2.24, 2.45) is 5.92 Å². The second kappa shape index (κ2) is 5.96. The molecular formula is C16H23ClN2. The number of hydrogen-bond acceptors (Lipinski definition) is 1. The Morgan fingerprint density at radius 1 is 1.26 bits per heavy atom. The zero-order valence-corrected chi connectivity index (χ0v) is 13.0. The van der Waals surface area contributed by atoms with E-state index in [1.54, 1.807) is 0 Å². The van der Waals surface area contributed by atoms with Gasteiger partial charge in [-0.3, -0.25) is 0 Å². The monoisotopic (exact) mass is 278 g/mol. The molecule has 0 N–H and O–H groups in total. The molecule has 1 aromatic carbocycles. The summed E-state index contributed by atoms with van der Waals surface area (Å²) in [4.78, 5) is 4.73. The molecule has 0 aliphatic rings. The Morgan fingerprint density at radius 2 is 1.95 bits per heavy atom. The van der Waals surface area contributed by atoms with Crippen LogP contribution in [0.5, 0.6) is 0 Å². The number of nitrogens with zero attached hydrogens (tertiary/aromatic N) is 2. The lowest BCUT2D eigenvalue weighted by Gasteiger charge is -2.17. The van der Waals surface area contributed by atoms with Crippen molar-refractivity contribution in [1.29, 1.82) is 0 Å². The Bertz CT molecular complexity index is 553. The van der Waals surface area contributed by atoms with E-state index in [0.717, 1.165) is 17.9 Å². The molecule has 1 unspecified atom stereocenters. The molecule has 1 aromatic heterocycles. The van der Waals surface area contributed by atoms with Gasteiger partial charge >= 0.3 is 0 Å². The summed E-state index contributed by atoms with van der Waals surface area (Å²) in [5, 5.41) is -0.0536. The smallest absolute Gasteiger partial charge is 0.127 e. The topological polar surface area (TPSA) is 17.8 Å². The van der Waals surface area contributed by atoms with Gasteiger partial charge in [0, 0.05) is 6.54 Å². The number of rotatable bonds is 5. The molecule has 0 aliphatic heterocycles. The fourth-order valence-corrected chi connectivity index (χ4v) is 2.73. The highest BCUT2D eigenvalue weighted by atomic mass is 35.5. The van der Waals surface area contributed by atoms with Crippen molar-refractivity contribution < 1.29 is 0 Å². The predicted molar refractivity (Wildman–Crippen MR) is 82.8 cm³/mol. The van der Waals surface area contributed by atoms with Gasteiger partial charge in [0.1, 0.15) is 5.82 Å². The highest BCUT2D eigenvalue weighted by Crippen LogP contribution is 2.27. The summed E-state index contributed by atoms with van der Waals surface area (Å²) in [6, 6.07) is 6.46. The normalized spacial score (nSPS) is 13.4. The Kier molecular flexibility index (Phi) is 4.51. The Balaban J connectivity index is 2.52. The molecule has 104 valence electrons. The van der Waals surface area contributed by atoms with Crippen LogP contribution in [0.3, 0.4) is 0 Å². The largest absolute Gasteiger partial charge is 0.326 e. The van der Waals surface area contributed by atoms with Crippen molar-refractivity contribution in [3.8, 4) is 0 Å². The third-order valence-corrected chi connectivity index (χ3v) is 4.08. The maximum Gasteiger partial charge on any atom is 0.127 e. The van der Waals surface area contributed by atoms with Crippen LogP contribution in [0.1, 0.15) is 50.4 Å². The van der Waals surface area contributed by atoms with Gasteiger partial charge in [0.15, 0.2) is 0 Å². The maximum atomic E-state index is 6.31. The summed E-state index contributed by atoms with van der Waals surface area (Å²) in [7, 11) is 0. The lowest BCUT2D eigenvalue weighted by molar-refractivity contribution is 0.417. The Hall–Kier alpha value is -1.02. The third kappa shape index (κ3) is 2.94. The van der Waals surface area contributed by atoms with Gasteiger partial charge in [-0.1, -0.05) is 32.8 Å². The molecule has 0 amide bonds. The van der Waals surface area contributed by atoms with Crippen molar-refractivity contribution >= 4 is 22.6 Å². The standard InChI is InChI=1S/C16H23ClN2/c1-5-13(6-2)10-19-15-8-7-11(3)9-14(15)18-16(19)12(4)17/h7-9,12-13H,5-6,10H2,1-4H3. The van der Waals surface area contributed by atoms with Crippen molar-refractivity contribution in [3.05, 3.63) is 29.6 Å². The number of halogens is 1. The summed E-state index contributed by atoms with van der Waals surface area (Å²) < 4.78 is 2.31. The van der Waals surface area contributed by atoms with Crippen LogP contribution < -0.4 is 0 Å². The maximum absolute atomic E-state index is 6.31. The van der Waals surface area contributed by atoms with Gasteiger partial charge in [-0.2, -0.15) is 0 Å². The highest BCUT2D eigenvalue weighted by Gasteiger charge is 2.17. The third-order valence-electron chi connectivity index (χ3n) is 3.88. The van der Waals surface area contributed by atoms with Gasteiger partial charge in [-0.25, -0.2) is 4.98 Å². The molecule has 2 nitrogen and oxygen atoms in total. The van der Waals surface area contributed by atoms with E-state index in [1.807, 2.05) is 6.92 Å². The van der Waals surface area contributed by atoms with Crippen molar-refractivity contribution in [2.75, 3.05) is 0 Å². The average molecular weight is 279 g/mol. The van der Waals surface area contributed by atoms with E-state index < -0.39 is 0 Å². The van der Waals surface area contributed by atoms with E-state index in [2.05, 4.69) is 43.5 Å². The fraction of sp³-hybridized carbons (Fsp3) is 0.562. The first kappa shape index (κ1) is 14.4.